The van der Waals surface area contributed by atoms with Crippen LogP contribution >= 0.6 is 15.9 Å². The van der Waals surface area contributed by atoms with Gasteiger partial charge in [-0.25, -0.2) is 4.39 Å². The van der Waals surface area contributed by atoms with E-state index in [2.05, 4.69) is 26.2 Å². The first-order chi connectivity index (χ1) is 10.1. The number of nitrogens with zero attached hydrogens (tertiary/aromatic N) is 1. The molecule has 106 valence electrons. The summed E-state index contributed by atoms with van der Waals surface area (Å²) in [5.74, 6) is -0.201. The van der Waals surface area contributed by atoms with Crippen LogP contribution in [0.15, 0.2) is 59.2 Å². The summed E-state index contributed by atoms with van der Waals surface area (Å²) < 4.78 is 14.8. The van der Waals surface area contributed by atoms with E-state index in [1.54, 1.807) is 18.3 Å². The second-order valence-corrected chi connectivity index (χ2v) is 5.83. The van der Waals surface area contributed by atoms with E-state index in [1.807, 2.05) is 37.3 Å². The van der Waals surface area contributed by atoms with Crippen LogP contribution in [0.25, 0.3) is 10.9 Å². The Hall–Kier alpha value is -1.94. The lowest BCUT2D eigenvalue weighted by molar-refractivity contribution is 0.600. The first-order valence-electron chi connectivity index (χ1n) is 6.70. The maximum Gasteiger partial charge on any atom is 0.128 e. The molecule has 1 atom stereocenters. The van der Waals surface area contributed by atoms with E-state index in [9.17, 15) is 4.39 Å². The zero-order chi connectivity index (χ0) is 14.8. The molecule has 1 heterocycles. The summed E-state index contributed by atoms with van der Waals surface area (Å²) in [5, 5.41) is 4.38. The standard InChI is InChI=1S/C17H14BrFN2/c1-11(14-6-2-3-7-15(14)19)21-16-8-4-5-12-9-13(18)10-20-17(12)16/h2-11,21H,1H3. The Morgan fingerprint density at radius 1 is 1.14 bits per heavy atom. The molecular formula is C17H14BrFN2. The van der Waals surface area contributed by atoms with Crippen LogP contribution in [0, 0.1) is 5.82 Å². The Kier molecular flexibility index (Phi) is 3.88. The molecule has 1 unspecified atom stereocenters. The van der Waals surface area contributed by atoms with Crippen molar-refractivity contribution in [2.24, 2.45) is 0 Å². The summed E-state index contributed by atoms with van der Waals surface area (Å²) in [4.78, 5) is 4.45. The number of rotatable bonds is 3. The summed E-state index contributed by atoms with van der Waals surface area (Å²) in [6.45, 7) is 1.94. The number of hydrogen-bond acceptors (Lipinski definition) is 2. The van der Waals surface area contributed by atoms with Crippen LogP contribution < -0.4 is 5.32 Å². The highest BCUT2D eigenvalue weighted by Gasteiger charge is 2.11. The Balaban J connectivity index is 1.97. The second kappa shape index (κ2) is 5.82. The molecule has 0 fully saturated rings. The van der Waals surface area contributed by atoms with Crippen molar-refractivity contribution >= 4 is 32.5 Å². The second-order valence-electron chi connectivity index (χ2n) is 4.92. The van der Waals surface area contributed by atoms with Crippen LogP contribution in [0.1, 0.15) is 18.5 Å². The number of pyridine rings is 1. The lowest BCUT2D eigenvalue weighted by atomic mass is 10.1. The van der Waals surface area contributed by atoms with Gasteiger partial charge in [0.05, 0.1) is 17.2 Å². The van der Waals surface area contributed by atoms with Gasteiger partial charge in [-0.3, -0.25) is 4.98 Å². The van der Waals surface area contributed by atoms with E-state index in [1.165, 1.54) is 6.07 Å². The number of fused-ring (bicyclic) bond motifs is 1. The van der Waals surface area contributed by atoms with Gasteiger partial charge in [0.15, 0.2) is 0 Å². The zero-order valence-electron chi connectivity index (χ0n) is 11.5. The van der Waals surface area contributed by atoms with Crippen molar-refractivity contribution < 1.29 is 4.39 Å². The molecule has 0 aliphatic carbocycles. The minimum Gasteiger partial charge on any atom is -0.377 e. The third-order valence-corrected chi connectivity index (χ3v) is 3.86. The highest BCUT2D eigenvalue weighted by molar-refractivity contribution is 9.10. The van der Waals surface area contributed by atoms with Crippen molar-refractivity contribution in [2.75, 3.05) is 5.32 Å². The van der Waals surface area contributed by atoms with E-state index >= 15 is 0 Å². The Bertz CT molecular complexity index is 789. The molecular weight excluding hydrogens is 331 g/mol. The van der Waals surface area contributed by atoms with Crippen LogP contribution in [-0.2, 0) is 0 Å². The van der Waals surface area contributed by atoms with Crippen LogP contribution in [0.3, 0.4) is 0 Å². The van der Waals surface area contributed by atoms with Crippen LogP contribution in [-0.4, -0.2) is 4.98 Å². The quantitative estimate of drug-likeness (QED) is 0.696. The normalized spacial score (nSPS) is 12.3. The van der Waals surface area contributed by atoms with Gasteiger partial charge >= 0.3 is 0 Å². The van der Waals surface area contributed by atoms with Crippen molar-refractivity contribution in [1.82, 2.24) is 4.98 Å². The summed E-state index contributed by atoms with van der Waals surface area (Å²) in [5.41, 5.74) is 2.42. The van der Waals surface area contributed by atoms with Gasteiger partial charge in [0.2, 0.25) is 0 Å². The number of halogens is 2. The summed E-state index contributed by atoms with van der Waals surface area (Å²) in [6.07, 6.45) is 1.77. The zero-order valence-corrected chi connectivity index (χ0v) is 13.1. The van der Waals surface area contributed by atoms with Crippen molar-refractivity contribution in [2.45, 2.75) is 13.0 Å². The highest BCUT2D eigenvalue weighted by atomic mass is 79.9. The van der Waals surface area contributed by atoms with Gasteiger partial charge in [0.1, 0.15) is 5.82 Å². The monoisotopic (exact) mass is 344 g/mol. The molecule has 0 amide bonds. The fourth-order valence-electron chi connectivity index (χ4n) is 2.39. The van der Waals surface area contributed by atoms with Gasteiger partial charge in [-0.2, -0.15) is 0 Å². The lowest BCUT2D eigenvalue weighted by Gasteiger charge is -2.17. The Morgan fingerprint density at radius 2 is 1.95 bits per heavy atom. The molecule has 2 nitrogen and oxygen atoms in total. The number of anilines is 1. The van der Waals surface area contributed by atoms with E-state index in [0.717, 1.165) is 21.1 Å². The maximum absolute atomic E-state index is 13.8. The van der Waals surface area contributed by atoms with Gasteiger partial charge < -0.3 is 5.32 Å². The topological polar surface area (TPSA) is 24.9 Å². The van der Waals surface area contributed by atoms with Crippen LogP contribution in [0.2, 0.25) is 0 Å². The molecule has 0 bridgehead atoms. The summed E-state index contributed by atoms with van der Waals surface area (Å²) in [7, 11) is 0. The Labute approximate surface area is 131 Å². The SMILES string of the molecule is CC(Nc1cccc2cc(Br)cnc12)c1ccccc1F. The van der Waals surface area contributed by atoms with Crippen molar-refractivity contribution in [1.29, 1.82) is 0 Å². The van der Waals surface area contributed by atoms with Gasteiger partial charge in [0, 0.05) is 21.6 Å². The molecule has 0 aliphatic rings. The fourth-order valence-corrected chi connectivity index (χ4v) is 2.74. The molecule has 2 aromatic carbocycles. The lowest BCUT2D eigenvalue weighted by Crippen LogP contribution is -2.09. The largest absolute Gasteiger partial charge is 0.377 e. The van der Waals surface area contributed by atoms with Crippen molar-refractivity contribution in [3.05, 3.63) is 70.6 Å². The molecule has 0 saturated heterocycles. The minimum atomic E-state index is -0.201. The van der Waals surface area contributed by atoms with E-state index in [0.29, 0.717) is 5.56 Å². The molecule has 0 saturated carbocycles. The van der Waals surface area contributed by atoms with E-state index in [4.69, 9.17) is 0 Å². The predicted molar refractivity (Wildman–Crippen MR) is 87.9 cm³/mol. The number of para-hydroxylation sites is 1. The third-order valence-electron chi connectivity index (χ3n) is 3.42. The number of nitrogens with one attached hydrogen (secondary N) is 1. The molecule has 0 spiro atoms. The summed E-state index contributed by atoms with van der Waals surface area (Å²) >= 11 is 3.42. The van der Waals surface area contributed by atoms with Gasteiger partial charge in [-0.1, -0.05) is 30.3 Å². The fraction of sp³-hybridized carbons (Fsp3) is 0.118. The maximum atomic E-state index is 13.8. The summed E-state index contributed by atoms with van der Waals surface area (Å²) in [6, 6.07) is 14.6. The average molecular weight is 345 g/mol. The van der Waals surface area contributed by atoms with Crippen molar-refractivity contribution in [3.8, 4) is 0 Å². The first-order valence-corrected chi connectivity index (χ1v) is 7.49. The number of benzene rings is 2. The predicted octanol–water partition coefficient (Wildman–Crippen LogP) is 5.31. The van der Waals surface area contributed by atoms with Crippen LogP contribution in [0.4, 0.5) is 10.1 Å². The van der Waals surface area contributed by atoms with Gasteiger partial charge in [0.25, 0.3) is 0 Å². The first kappa shape index (κ1) is 14.0. The van der Waals surface area contributed by atoms with E-state index in [-0.39, 0.29) is 11.9 Å². The molecule has 4 heteroatoms. The molecule has 21 heavy (non-hydrogen) atoms. The minimum absolute atomic E-state index is 0.137. The molecule has 3 rings (SSSR count). The smallest absolute Gasteiger partial charge is 0.128 e. The molecule has 0 aliphatic heterocycles. The van der Waals surface area contributed by atoms with Gasteiger partial charge in [-0.15, -0.1) is 0 Å². The van der Waals surface area contributed by atoms with Gasteiger partial charge in [-0.05, 0) is 41.1 Å². The average Bonchev–Trinajstić information content (AvgIpc) is 2.47. The number of aromatic nitrogens is 1. The molecule has 1 aromatic heterocycles. The molecule has 0 radical (unpaired) electrons. The van der Waals surface area contributed by atoms with E-state index < -0.39 is 0 Å². The van der Waals surface area contributed by atoms with Crippen molar-refractivity contribution in [3.63, 3.8) is 0 Å². The highest BCUT2D eigenvalue weighted by Crippen LogP contribution is 2.28. The third kappa shape index (κ3) is 2.90. The van der Waals surface area contributed by atoms with Crippen LogP contribution in [0.5, 0.6) is 0 Å². The molecule has 3 aromatic rings. The Morgan fingerprint density at radius 3 is 2.76 bits per heavy atom. The number of hydrogen-bond donors (Lipinski definition) is 1. The molecule has 1 N–H and O–H groups in total.